The van der Waals surface area contributed by atoms with Gasteiger partial charge in [-0.25, -0.2) is 13.1 Å². The van der Waals surface area contributed by atoms with Crippen LogP contribution in [0, 0.1) is 0 Å². The average Bonchev–Trinajstić information content (AvgIpc) is 3.14. The number of nitrogens with zero attached hydrogens (tertiary/aromatic N) is 2. The van der Waals surface area contributed by atoms with Crippen molar-refractivity contribution in [2.75, 3.05) is 11.6 Å². The molecular formula is C19H13F6N3O3S. The van der Waals surface area contributed by atoms with Crippen LogP contribution >= 0.6 is 0 Å². The average molecular weight is 477 g/mol. The summed E-state index contributed by atoms with van der Waals surface area (Å²) in [6, 6.07) is 9.44. The molecule has 1 amide bonds. The third-order valence-electron chi connectivity index (χ3n) is 4.20. The third kappa shape index (κ3) is 5.10. The number of benzene rings is 2. The molecule has 1 heterocycles. The number of carbonyl (C=O) groups is 1. The lowest BCUT2D eigenvalue weighted by Crippen LogP contribution is -2.14. The number of anilines is 1. The highest BCUT2D eigenvalue weighted by Crippen LogP contribution is 2.36. The van der Waals surface area contributed by atoms with Crippen molar-refractivity contribution >= 4 is 21.4 Å². The SMILES string of the molecule is CS(=O)(=O)c1ccc(C(=O)Nc2ccc(-n3nc(C(F)(F)F)cc3C(F)(F)F)cc2)cc1. The summed E-state index contributed by atoms with van der Waals surface area (Å²) in [4.78, 5) is 12.3. The molecule has 0 saturated carbocycles. The Kier molecular flexibility index (Phi) is 5.80. The van der Waals surface area contributed by atoms with Crippen LogP contribution in [0.3, 0.4) is 0 Å². The van der Waals surface area contributed by atoms with E-state index in [0.717, 1.165) is 18.4 Å². The first-order valence-electron chi connectivity index (χ1n) is 8.62. The lowest BCUT2D eigenvalue weighted by Gasteiger charge is -2.11. The zero-order valence-electron chi connectivity index (χ0n) is 16.0. The van der Waals surface area contributed by atoms with Crippen LogP contribution in [0.1, 0.15) is 21.7 Å². The van der Waals surface area contributed by atoms with E-state index in [4.69, 9.17) is 0 Å². The van der Waals surface area contributed by atoms with Gasteiger partial charge in [0.2, 0.25) is 0 Å². The molecule has 0 aliphatic rings. The summed E-state index contributed by atoms with van der Waals surface area (Å²) in [6.45, 7) is 0. The number of alkyl halides is 6. The Bertz CT molecular complexity index is 1250. The maximum absolute atomic E-state index is 13.2. The third-order valence-corrected chi connectivity index (χ3v) is 5.33. The molecule has 1 N–H and O–H groups in total. The van der Waals surface area contributed by atoms with Crippen molar-refractivity contribution in [3.05, 3.63) is 71.5 Å². The van der Waals surface area contributed by atoms with Gasteiger partial charge in [0.25, 0.3) is 5.91 Å². The second-order valence-corrected chi connectivity index (χ2v) is 8.64. The number of rotatable bonds is 4. The Hall–Kier alpha value is -3.35. The van der Waals surface area contributed by atoms with E-state index in [0.29, 0.717) is 0 Å². The van der Waals surface area contributed by atoms with Gasteiger partial charge in [-0.3, -0.25) is 4.79 Å². The van der Waals surface area contributed by atoms with Gasteiger partial charge in [0.15, 0.2) is 15.5 Å². The first-order chi connectivity index (χ1) is 14.7. The van der Waals surface area contributed by atoms with Crippen LogP contribution in [0.15, 0.2) is 59.5 Å². The van der Waals surface area contributed by atoms with E-state index in [2.05, 4.69) is 10.4 Å². The van der Waals surface area contributed by atoms with Gasteiger partial charge in [-0.1, -0.05) is 0 Å². The Balaban J connectivity index is 1.84. The largest absolute Gasteiger partial charge is 0.435 e. The fraction of sp³-hybridized carbons (Fsp3) is 0.158. The standard InChI is InChI=1S/C19H13F6N3O3S/c1-32(30,31)14-8-2-11(3-9-14)17(29)26-12-4-6-13(7-5-12)28-16(19(23,24)25)10-15(27-28)18(20,21)22/h2-10H,1H3,(H,26,29). The van der Waals surface area contributed by atoms with Crippen LogP contribution in [0.5, 0.6) is 0 Å². The first-order valence-corrected chi connectivity index (χ1v) is 10.5. The summed E-state index contributed by atoms with van der Waals surface area (Å²) in [5.74, 6) is -0.632. The molecule has 170 valence electrons. The molecule has 1 aromatic heterocycles. The number of hydrogen-bond donors (Lipinski definition) is 1. The van der Waals surface area contributed by atoms with Crippen molar-refractivity contribution in [2.24, 2.45) is 0 Å². The molecule has 0 unspecified atom stereocenters. The van der Waals surface area contributed by atoms with Crippen molar-refractivity contribution in [1.29, 1.82) is 0 Å². The van der Waals surface area contributed by atoms with Crippen LogP contribution < -0.4 is 5.32 Å². The van der Waals surface area contributed by atoms with Gasteiger partial charge in [-0.2, -0.15) is 31.4 Å². The van der Waals surface area contributed by atoms with Crippen LogP contribution in [0.2, 0.25) is 0 Å². The lowest BCUT2D eigenvalue weighted by atomic mass is 10.2. The molecule has 6 nitrogen and oxygen atoms in total. The van der Waals surface area contributed by atoms with Crippen LogP contribution in [0.4, 0.5) is 32.0 Å². The molecule has 13 heteroatoms. The van der Waals surface area contributed by atoms with E-state index in [9.17, 15) is 39.6 Å². The molecule has 0 radical (unpaired) electrons. The summed E-state index contributed by atoms with van der Waals surface area (Å²) in [7, 11) is -3.45. The minimum absolute atomic E-state index is 0.0105. The van der Waals surface area contributed by atoms with Crippen molar-refractivity contribution in [3.63, 3.8) is 0 Å². The second kappa shape index (κ2) is 7.97. The Morgan fingerprint density at radius 3 is 1.94 bits per heavy atom. The fourth-order valence-corrected chi connectivity index (χ4v) is 3.29. The van der Waals surface area contributed by atoms with Gasteiger partial charge in [-0.05, 0) is 48.5 Å². The highest BCUT2D eigenvalue weighted by Gasteiger charge is 2.42. The molecule has 0 aliphatic heterocycles. The molecule has 0 bridgehead atoms. The van der Waals surface area contributed by atoms with Crippen molar-refractivity contribution in [3.8, 4) is 5.69 Å². The summed E-state index contributed by atoms with van der Waals surface area (Å²) in [5, 5.41) is 5.47. The molecule has 3 aromatic rings. The van der Waals surface area contributed by atoms with E-state index in [1.807, 2.05) is 0 Å². The molecule has 0 spiro atoms. The van der Waals surface area contributed by atoms with Crippen molar-refractivity contribution < 1.29 is 39.6 Å². The predicted molar refractivity (Wildman–Crippen MR) is 101 cm³/mol. The zero-order chi connectivity index (χ0) is 23.9. The van der Waals surface area contributed by atoms with E-state index < -0.39 is 39.5 Å². The number of nitrogens with one attached hydrogen (secondary N) is 1. The van der Waals surface area contributed by atoms with Crippen LogP contribution in [0.25, 0.3) is 5.69 Å². The Morgan fingerprint density at radius 2 is 1.47 bits per heavy atom. The lowest BCUT2D eigenvalue weighted by molar-refractivity contribution is -0.143. The number of carbonyl (C=O) groups excluding carboxylic acids is 1. The minimum atomic E-state index is -5.08. The summed E-state index contributed by atoms with van der Waals surface area (Å²) < 4.78 is 101. The summed E-state index contributed by atoms with van der Waals surface area (Å²) in [5.41, 5.74) is -3.35. The highest BCUT2D eigenvalue weighted by atomic mass is 32.2. The molecule has 2 aromatic carbocycles. The van der Waals surface area contributed by atoms with E-state index in [1.165, 1.54) is 36.4 Å². The molecule has 0 atom stereocenters. The molecule has 0 saturated heterocycles. The smallest absolute Gasteiger partial charge is 0.322 e. The Morgan fingerprint density at radius 1 is 0.906 bits per heavy atom. The van der Waals surface area contributed by atoms with E-state index >= 15 is 0 Å². The highest BCUT2D eigenvalue weighted by molar-refractivity contribution is 7.90. The number of hydrogen-bond acceptors (Lipinski definition) is 4. The normalized spacial score (nSPS) is 12.6. The number of halogens is 6. The number of amides is 1. The number of sulfone groups is 1. The maximum Gasteiger partial charge on any atom is 0.435 e. The minimum Gasteiger partial charge on any atom is -0.322 e. The number of aromatic nitrogens is 2. The van der Waals surface area contributed by atoms with Gasteiger partial charge in [-0.15, -0.1) is 0 Å². The van der Waals surface area contributed by atoms with Gasteiger partial charge in [0.1, 0.15) is 5.69 Å². The van der Waals surface area contributed by atoms with Gasteiger partial charge < -0.3 is 5.32 Å². The van der Waals surface area contributed by atoms with E-state index in [-0.39, 0.29) is 32.6 Å². The van der Waals surface area contributed by atoms with Gasteiger partial charge in [0, 0.05) is 23.6 Å². The van der Waals surface area contributed by atoms with Crippen LogP contribution in [-0.2, 0) is 22.2 Å². The van der Waals surface area contributed by atoms with Gasteiger partial charge >= 0.3 is 12.4 Å². The van der Waals surface area contributed by atoms with E-state index in [1.54, 1.807) is 0 Å². The Labute approximate surface area is 177 Å². The zero-order valence-corrected chi connectivity index (χ0v) is 16.8. The van der Waals surface area contributed by atoms with Gasteiger partial charge in [0.05, 0.1) is 10.6 Å². The molecule has 0 aliphatic carbocycles. The van der Waals surface area contributed by atoms with Crippen molar-refractivity contribution in [2.45, 2.75) is 17.2 Å². The predicted octanol–water partition coefficient (Wildman–Crippen LogP) is 4.57. The molecule has 3 rings (SSSR count). The van der Waals surface area contributed by atoms with Crippen molar-refractivity contribution in [1.82, 2.24) is 9.78 Å². The topological polar surface area (TPSA) is 81.1 Å². The summed E-state index contributed by atoms with van der Waals surface area (Å²) >= 11 is 0. The quantitative estimate of drug-likeness (QED) is 0.559. The van der Waals surface area contributed by atoms with Crippen LogP contribution in [-0.4, -0.2) is 30.4 Å². The molecule has 32 heavy (non-hydrogen) atoms. The monoisotopic (exact) mass is 477 g/mol. The fourth-order valence-electron chi connectivity index (χ4n) is 2.66. The second-order valence-electron chi connectivity index (χ2n) is 6.62. The molecular weight excluding hydrogens is 464 g/mol. The molecule has 0 fully saturated rings. The first kappa shape index (κ1) is 23.3. The summed E-state index contributed by atoms with van der Waals surface area (Å²) in [6.07, 6.45) is -9.14. The maximum atomic E-state index is 13.2.